The number of hydrogen-bond acceptors (Lipinski definition) is 6. The summed E-state index contributed by atoms with van der Waals surface area (Å²) in [4.78, 5) is 11.4. The molecular formula is C20H26F3N5O2S. The quantitative estimate of drug-likeness (QED) is 0.740. The second kappa shape index (κ2) is 8.62. The lowest BCUT2D eigenvalue weighted by Gasteiger charge is -2.38. The van der Waals surface area contributed by atoms with Gasteiger partial charge >= 0.3 is 6.18 Å². The highest BCUT2D eigenvalue weighted by Gasteiger charge is 2.38. The fourth-order valence-electron chi connectivity index (χ4n) is 3.47. The first-order valence-corrected chi connectivity index (χ1v) is 11.4. The maximum atomic E-state index is 13.7. The second-order valence-corrected chi connectivity index (χ2v) is 9.75. The molecular weight excluding hydrogens is 431 g/mol. The van der Waals surface area contributed by atoms with E-state index in [2.05, 4.69) is 14.9 Å². The number of aromatic nitrogens is 2. The number of halogens is 3. The number of nitrogens with one attached hydrogen (secondary N) is 1. The van der Waals surface area contributed by atoms with Crippen molar-refractivity contribution in [3.8, 4) is 0 Å². The molecule has 3 rings (SSSR count). The number of alkyl halides is 3. The Balaban J connectivity index is 1.93. The molecule has 1 aromatic heterocycles. The van der Waals surface area contributed by atoms with Crippen LogP contribution in [0.1, 0.15) is 37.9 Å². The predicted octanol–water partition coefficient (Wildman–Crippen LogP) is 3.56. The van der Waals surface area contributed by atoms with Crippen molar-refractivity contribution < 1.29 is 21.6 Å². The van der Waals surface area contributed by atoms with Crippen molar-refractivity contribution >= 4 is 21.7 Å². The van der Waals surface area contributed by atoms with Gasteiger partial charge in [0.15, 0.2) is 5.69 Å². The zero-order valence-electron chi connectivity index (χ0n) is 17.8. The lowest BCUT2D eigenvalue weighted by molar-refractivity contribution is -0.140. The predicted molar refractivity (Wildman–Crippen MR) is 113 cm³/mol. The van der Waals surface area contributed by atoms with Crippen LogP contribution in [0.2, 0.25) is 0 Å². The summed E-state index contributed by atoms with van der Waals surface area (Å²) < 4.78 is 68.5. The Morgan fingerprint density at radius 2 is 1.81 bits per heavy atom. The Labute approximate surface area is 180 Å². The van der Waals surface area contributed by atoms with E-state index in [4.69, 9.17) is 0 Å². The van der Waals surface area contributed by atoms with Crippen LogP contribution in [-0.2, 0) is 16.2 Å². The molecule has 0 amide bonds. The molecule has 0 spiro atoms. The van der Waals surface area contributed by atoms with Gasteiger partial charge in [-0.1, -0.05) is 26.0 Å². The molecule has 0 aliphatic carbocycles. The van der Waals surface area contributed by atoms with Gasteiger partial charge in [-0.2, -0.15) is 13.2 Å². The summed E-state index contributed by atoms with van der Waals surface area (Å²) in [7, 11) is -2.31. The highest BCUT2D eigenvalue weighted by molar-refractivity contribution is 7.92. The highest BCUT2D eigenvalue weighted by atomic mass is 32.2. The van der Waals surface area contributed by atoms with Gasteiger partial charge in [-0.3, -0.25) is 4.72 Å². The zero-order valence-corrected chi connectivity index (χ0v) is 18.6. The fourth-order valence-corrected chi connectivity index (χ4v) is 4.53. The molecule has 11 heteroatoms. The molecule has 7 nitrogen and oxygen atoms in total. The summed E-state index contributed by atoms with van der Waals surface area (Å²) >= 11 is 0. The van der Waals surface area contributed by atoms with Crippen LogP contribution < -0.4 is 9.62 Å². The Bertz CT molecular complexity index is 1030. The maximum absolute atomic E-state index is 13.7. The number of likely N-dealkylation sites (N-methyl/N-ethyl adjacent to an activating group) is 1. The number of piperazine rings is 1. The van der Waals surface area contributed by atoms with Gasteiger partial charge in [-0.05, 0) is 37.6 Å². The molecule has 1 aliphatic heterocycles. The number of nitrogens with zero attached hydrogens (tertiary/aromatic N) is 4. The molecule has 0 bridgehead atoms. The molecule has 1 atom stereocenters. The third-order valence-electron chi connectivity index (χ3n) is 5.23. The molecule has 1 aliphatic rings. The van der Waals surface area contributed by atoms with Crippen LogP contribution in [0, 0.1) is 0 Å². The molecule has 1 aromatic carbocycles. The average Bonchev–Trinajstić information content (AvgIpc) is 2.67. The van der Waals surface area contributed by atoms with Gasteiger partial charge in [0.25, 0.3) is 10.0 Å². The summed E-state index contributed by atoms with van der Waals surface area (Å²) in [6.07, 6.45) is -3.97. The van der Waals surface area contributed by atoms with E-state index in [1.165, 1.54) is 12.1 Å². The lowest BCUT2D eigenvalue weighted by atomic mass is 10.0. The standard InChI is InChI=1S/C20H26F3N5O2S/c1-13(2)15-5-7-16(8-6-15)31(29,30)26-17-11-24-19(25-18(17)20(21,22)23)28-10-9-27(4)12-14(28)3/h5-8,11,13-14,26H,9-10,12H2,1-4H3. The van der Waals surface area contributed by atoms with Gasteiger partial charge in [0.2, 0.25) is 5.95 Å². The van der Waals surface area contributed by atoms with Crippen molar-refractivity contribution in [2.45, 2.75) is 43.8 Å². The number of sulfonamides is 1. The van der Waals surface area contributed by atoms with Crippen LogP contribution in [0.5, 0.6) is 0 Å². The van der Waals surface area contributed by atoms with Crippen molar-refractivity contribution in [3.63, 3.8) is 0 Å². The molecule has 0 saturated carbocycles. The molecule has 1 fully saturated rings. The van der Waals surface area contributed by atoms with Crippen LogP contribution in [0.25, 0.3) is 0 Å². The summed E-state index contributed by atoms with van der Waals surface area (Å²) in [5.74, 6) is 0.122. The number of anilines is 2. The Kier molecular flexibility index (Phi) is 6.47. The summed E-state index contributed by atoms with van der Waals surface area (Å²) in [6.45, 7) is 7.59. The Morgan fingerprint density at radius 1 is 1.16 bits per heavy atom. The van der Waals surface area contributed by atoms with Crippen molar-refractivity contribution in [1.29, 1.82) is 0 Å². The smallest absolute Gasteiger partial charge is 0.336 e. The molecule has 1 saturated heterocycles. The molecule has 0 radical (unpaired) electrons. The van der Waals surface area contributed by atoms with Crippen LogP contribution in [0.3, 0.4) is 0 Å². The van der Waals surface area contributed by atoms with E-state index in [0.29, 0.717) is 19.6 Å². The summed E-state index contributed by atoms with van der Waals surface area (Å²) in [5.41, 5.74) is -1.10. The molecule has 2 heterocycles. The van der Waals surface area contributed by atoms with E-state index < -0.39 is 27.6 Å². The van der Waals surface area contributed by atoms with Crippen LogP contribution in [0.4, 0.5) is 24.8 Å². The lowest BCUT2D eigenvalue weighted by Crippen LogP contribution is -2.51. The largest absolute Gasteiger partial charge is 0.435 e. The van der Waals surface area contributed by atoms with E-state index in [1.807, 2.05) is 32.5 Å². The van der Waals surface area contributed by atoms with E-state index in [0.717, 1.165) is 11.8 Å². The first-order chi connectivity index (χ1) is 14.4. The minimum atomic E-state index is -4.85. The normalized spacial score (nSPS) is 18.5. The number of hydrogen-bond donors (Lipinski definition) is 1. The monoisotopic (exact) mass is 457 g/mol. The zero-order chi connectivity index (χ0) is 23.0. The molecule has 31 heavy (non-hydrogen) atoms. The van der Waals surface area contributed by atoms with Gasteiger partial charge in [0.05, 0.1) is 16.8 Å². The van der Waals surface area contributed by atoms with Crippen molar-refractivity contribution in [2.24, 2.45) is 0 Å². The second-order valence-electron chi connectivity index (χ2n) is 8.06. The first-order valence-electron chi connectivity index (χ1n) is 9.90. The van der Waals surface area contributed by atoms with Crippen LogP contribution >= 0.6 is 0 Å². The molecule has 1 unspecified atom stereocenters. The number of rotatable bonds is 5. The van der Waals surface area contributed by atoms with E-state index in [-0.39, 0.29) is 22.8 Å². The SMILES string of the molecule is CC(C)c1ccc(S(=O)(=O)Nc2cnc(N3CCN(C)CC3C)nc2C(F)(F)F)cc1. The van der Waals surface area contributed by atoms with Gasteiger partial charge in [0.1, 0.15) is 0 Å². The fraction of sp³-hybridized carbons (Fsp3) is 0.500. The van der Waals surface area contributed by atoms with Gasteiger partial charge in [-0.25, -0.2) is 18.4 Å². The highest BCUT2D eigenvalue weighted by Crippen LogP contribution is 2.35. The topological polar surface area (TPSA) is 78.4 Å². The Hall–Kier alpha value is -2.40. The van der Waals surface area contributed by atoms with E-state index in [1.54, 1.807) is 17.0 Å². The molecule has 2 aromatic rings. The van der Waals surface area contributed by atoms with Gasteiger partial charge in [0, 0.05) is 25.7 Å². The van der Waals surface area contributed by atoms with Crippen molar-refractivity contribution in [3.05, 3.63) is 41.7 Å². The summed E-state index contributed by atoms with van der Waals surface area (Å²) in [5, 5.41) is 0. The first kappa shape index (κ1) is 23.3. The third-order valence-corrected chi connectivity index (χ3v) is 6.61. The maximum Gasteiger partial charge on any atom is 0.435 e. The molecule has 170 valence electrons. The van der Waals surface area contributed by atoms with Gasteiger partial charge in [-0.15, -0.1) is 0 Å². The van der Waals surface area contributed by atoms with Crippen LogP contribution in [-0.4, -0.2) is 56.0 Å². The van der Waals surface area contributed by atoms with Crippen molar-refractivity contribution in [2.75, 3.05) is 36.3 Å². The van der Waals surface area contributed by atoms with Gasteiger partial charge < -0.3 is 9.80 Å². The van der Waals surface area contributed by atoms with Crippen LogP contribution in [0.15, 0.2) is 35.4 Å². The molecule has 1 N–H and O–H groups in total. The van der Waals surface area contributed by atoms with Crippen molar-refractivity contribution in [1.82, 2.24) is 14.9 Å². The van der Waals surface area contributed by atoms with E-state index >= 15 is 0 Å². The summed E-state index contributed by atoms with van der Waals surface area (Å²) in [6, 6.07) is 5.93. The average molecular weight is 458 g/mol. The Morgan fingerprint density at radius 3 is 2.35 bits per heavy atom. The van der Waals surface area contributed by atoms with E-state index in [9.17, 15) is 21.6 Å². The third kappa shape index (κ3) is 5.27. The number of benzene rings is 1. The minimum absolute atomic E-state index is 0.0721. The minimum Gasteiger partial charge on any atom is -0.336 e.